The first-order valence-electron chi connectivity index (χ1n) is 14.9. The van der Waals surface area contributed by atoms with Gasteiger partial charge in [-0.2, -0.15) is 0 Å². The van der Waals surface area contributed by atoms with Crippen LogP contribution in [0, 0.1) is 24.6 Å². The van der Waals surface area contributed by atoms with Crippen LogP contribution in [0.4, 0.5) is 4.39 Å². The highest BCUT2D eigenvalue weighted by Crippen LogP contribution is 2.28. The molecule has 1 heterocycles. The van der Waals surface area contributed by atoms with Gasteiger partial charge in [0.15, 0.2) is 6.61 Å². The fourth-order valence-electron chi connectivity index (χ4n) is 4.92. The van der Waals surface area contributed by atoms with Crippen molar-refractivity contribution in [3.63, 3.8) is 0 Å². The molecule has 1 aliphatic heterocycles. The largest absolute Gasteiger partial charge is 0.489 e. The fraction of sp³-hybridized carbons (Fsp3) is 0.237. The minimum Gasteiger partial charge on any atom is -0.489 e. The van der Waals surface area contributed by atoms with Crippen LogP contribution in [0.3, 0.4) is 0 Å². The number of rotatable bonds is 10. The van der Waals surface area contributed by atoms with E-state index in [-0.39, 0.29) is 12.4 Å². The lowest BCUT2D eigenvalue weighted by Crippen LogP contribution is -2.36. The van der Waals surface area contributed by atoms with Gasteiger partial charge in [-0.3, -0.25) is 4.90 Å². The number of esters is 1. The molecule has 0 N–H and O–H groups in total. The van der Waals surface area contributed by atoms with E-state index in [0.717, 1.165) is 71.8 Å². The molecule has 0 aromatic heterocycles. The summed E-state index contributed by atoms with van der Waals surface area (Å²) in [7, 11) is 1.32. The van der Waals surface area contributed by atoms with Crippen LogP contribution in [-0.2, 0) is 14.3 Å². The molecule has 0 aliphatic carbocycles. The van der Waals surface area contributed by atoms with E-state index in [0.29, 0.717) is 18.1 Å². The van der Waals surface area contributed by atoms with Crippen molar-refractivity contribution in [2.24, 2.45) is 0 Å². The second-order valence-electron chi connectivity index (χ2n) is 10.6. The third-order valence-corrected chi connectivity index (χ3v) is 7.47. The van der Waals surface area contributed by atoms with E-state index in [9.17, 15) is 9.18 Å². The molecule has 45 heavy (non-hydrogen) atoms. The van der Waals surface area contributed by atoms with Crippen LogP contribution in [0.1, 0.15) is 22.3 Å². The van der Waals surface area contributed by atoms with Gasteiger partial charge in [0.25, 0.3) is 0 Å². The maximum absolute atomic E-state index is 13.7. The van der Waals surface area contributed by atoms with Gasteiger partial charge in [0.05, 0.1) is 26.9 Å². The number of hydrogen-bond acceptors (Lipinski definition) is 6. The van der Waals surface area contributed by atoms with Gasteiger partial charge in [0, 0.05) is 18.7 Å². The topological polar surface area (TPSA) is 57.2 Å². The molecule has 230 valence electrons. The average Bonchev–Trinajstić information content (AvgIpc) is 3.08. The highest BCUT2D eigenvalue weighted by molar-refractivity contribution is 5.81. The van der Waals surface area contributed by atoms with E-state index in [4.69, 9.17) is 14.2 Å². The molecule has 1 aliphatic rings. The number of hydrogen-bond donors (Lipinski definition) is 0. The summed E-state index contributed by atoms with van der Waals surface area (Å²) in [5.74, 6) is 7.05. The van der Waals surface area contributed by atoms with E-state index in [1.807, 2.05) is 19.1 Å². The summed E-state index contributed by atoms with van der Waals surface area (Å²) in [6.07, 6.45) is 1.99. The molecule has 0 saturated carbocycles. The molecule has 4 aromatic carbocycles. The summed E-state index contributed by atoms with van der Waals surface area (Å²) in [6.45, 7) is 6.18. The van der Waals surface area contributed by atoms with Gasteiger partial charge in [0.2, 0.25) is 0 Å². The van der Waals surface area contributed by atoms with Crippen LogP contribution in [0.2, 0.25) is 0 Å². The van der Waals surface area contributed by atoms with Crippen LogP contribution in [0.15, 0.2) is 97.1 Å². The molecule has 0 radical (unpaired) electrons. The van der Waals surface area contributed by atoms with Crippen LogP contribution in [0.25, 0.3) is 16.7 Å². The average molecular weight is 606 g/mol. The van der Waals surface area contributed by atoms with E-state index in [1.165, 1.54) is 19.2 Å². The number of methoxy groups -OCH3 is 1. The lowest BCUT2D eigenvalue weighted by molar-refractivity contribution is -0.142. The Morgan fingerprint density at radius 1 is 0.889 bits per heavy atom. The number of aryl methyl sites for hydroxylation is 1. The number of carbonyl (C=O) groups excluding carboxylic acids is 1. The number of ether oxygens (including phenoxy) is 4. The molecule has 0 bridgehead atoms. The molecule has 0 spiro atoms. The van der Waals surface area contributed by atoms with E-state index >= 15 is 0 Å². The Hall–Kier alpha value is -4.90. The molecular formula is C38H36FNO5. The van der Waals surface area contributed by atoms with Crippen LogP contribution >= 0.6 is 0 Å². The Morgan fingerprint density at radius 2 is 1.53 bits per heavy atom. The molecular weight excluding hydrogens is 569 g/mol. The SMILES string of the molecule is COC(=O)COc1ccc(OC/C=C(/c2ccc(F)cc2)c2ccc(-c3ccc(C#CCN4CCOCC4)cc3)cc2)cc1C. The molecule has 7 heteroatoms. The van der Waals surface area contributed by atoms with Gasteiger partial charge < -0.3 is 18.9 Å². The highest BCUT2D eigenvalue weighted by Gasteiger charge is 2.10. The first-order valence-corrected chi connectivity index (χ1v) is 14.9. The number of halogens is 1. The lowest BCUT2D eigenvalue weighted by Gasteiger charge is -2.24. The Bertz CT molecular complexity index is 1660. The summed E-state index contributed by atoms with van der Waals surface area (Å²) < 4.78 is 35.3. The number of benzene rings is 4. The van der Waals surface area contributed by atoms with Crippen molar-refractivity contribution in [3.05, 3.63) is 125 Å². The second-order valence-corrected chi connectivity index (χ2v) is 10.6. The number of carbonyl (C=O) groups is 1. The molecule has 1 fully saturated rings. The van der Waals surface area contributed by atoms with E-state index in [1.54, 1.807) is 24.3 Å². The third-order valence-electron chi connectivity index (χ3n) is 7.47. The Labute approximate surface area is 264 Å². The van der Waals surface area contributed by atoms with E-state index < -0.39 is 5.97 Å². The van der Waals surface area contributed by atoms with Gasteiger partial charge in [-0.1, -0.05) is 60.4 Å². The molecule has 5 rings (SSSR count). The maximum Gasteiger partial charge on any atom is 0.343 e. The quantitative estimate of drug-likeness (QED) is 0.151. The van der Waals surface area contributed by atoms with Crippen molar-refractivity contribution in [1.82, 2.24) is 4.90 Å². The summed E-state index contributed by atoms with van der Waals surface area (Å²) in [5, 5.41) is 0. The van der Waals surface area contributed by atoms with Crippen LogP contribution in [-0.4, -0.2) is 64.0 Å². The Kier molecular flexibility index (Phi) is 11.0. The molecule has 0 atom stereocenters. The van der Waals surface area contributed by atoms with Gasteiger partial charge >= 0.3 is 5.97 Å². The van der Waals surface area contributed by atoms with Crippen molar-refractivity contribution < 1.29 is 28.1 Å². The Balaban J connectivity index is 1.27. The van der Waals surface area contributed by atoms with Crippen molar-refractivity contribution in [1.29, 1.82) is 0 Å². The Morgan fingerprint density at radius 3 is 2.18 bits per heavy atom. The zero-order valence-electron chi connectivity index (χ0n) is 25.6. The molecule has 4 aromatic rings. The standard InChI is InChI=1S/C38H36FNO5/c1-28-26-35(17-18-37(28)45-27-38(41)42-2)44-23-19-36(33-13-15-34(39)16-14-33)32-11-9-31(10-12-32)30-7-5-29(6-8-30)4-3-20-40-21-24-43-25-22-40/h5-19,26H,20-25,27H2,1-2H3/b36-19+. The first kappa shape index (κ1) is 31.5. The number of morpholine rings is 1. The lowest BCUT2D eigenvalue weighted by atomic mass is 9.95. The molecule has 1 saturated heterocycles. The van der Waals surface area contributed by atoms with Gasteiger partial charge in [0.1, 0.15) is 23.9 Å². The summed E-state index contributed by atoms with van der Waals surface area (Å²) in [4.78, 5) is 13.7. The minimum absolute atomic E-state index is 0.157. The number of nitrogens with zero attached hydrogens (tertiary/aromatic N) is 1. The smallest absolute Gasteiger partial charge is 0.343 e. The normalized spacial score (nSPS) is 13.4. The summed E-state index contributed by atoms with van der Waals surface area (Å²) in [5.41, 5.74) is 6.82. The van der Waals surface area contributed by atoms with Crippen molar-refractivity contribution >= 4 is 11.5 Å². The minimum atomic E-state index is -0.445. The highest BCUT2D eigenvalue weighted by atomic mass is 19.1. The van der Waals surface area contributed by atoms with Gasteiger partial charge in [-0.15, -0.1) is 0 Å². The predicted molar refractivity (Wildman–Crippen MR) is 174 cm³/mol. The third kappa shape index (κ3) is 9.05. The van der Waals surface area contributed by atoms with Crippen molar-refractivity contribution in [3.8, 4) is 34.5 Å². The zero-order chi connectivity index (χ0) is 31.4. The fourth-order valence-corrected chi connectivity index (χ4v) is 4.92. The molecule has 0 amide bonds. The van der Waals surface area contributed by atoms with Crippen LogP contribution in [0.5, 0.6) is 11.5 Å². The van der Waals surface area contributed by atoms with Gasteiger partial charge in [-0.25, -0.2) is 9.18 Å². The maximum atomic E-state index is 13.7. The molecule has 6 nitrogen and oxygen atoms in total. The van der Waals surface area contributed by atoms with E-state index in [2.05, 4.69) is 70.0 Å². The van der Waals surface area contributed by atoms with Crippen molar-refractivity contribution in [2.75, 3.05) is 53.2 Å². The summed E-state index contributed by atoms with van der Waals surface area (Å²) in [6, 6.07) is 28.5. The second kappa shape index (κ2) is 15.7. The monoisotopic (exact) mass is 605 g/mol. The molecule has 0 unspecified atom stereocenters. The van der Waals surface area contributed by atoms with Gasteiger partial charge in [-0.05, 0) is 88.9 Å². The summed E-state index contributed by atoms with van der Waals surface area (Å²) >= 11 is 0. The van der Waals surface area contributed by atoms with Crippen molar-refractivity contribution in [2.45, 2.75) is 6.92 Å². The van der Waals surface area contributed by atoms with Crippen LogP contribution < -0.4 is 9.47 Å². The zero-order valence-corrected chi connectivity index (χ0v) is 25.6. The predicted octanol–water partition coefficient (Wildman–Crippen LogP) is 6.55. The first-order chi connectivity index (χ1) is 22.0.